The predicted molar refractivity (Wildman–Crippen MR) is 74.8 cm³/mol. The van der Waals surface area contributed by atoms with Crippen molar-refractivity contribution in [3.05, 3.63) is 45.9 Å². The number of carbonyl (C=O) groups is 2. The summed E-state index contributed by atoms with van der Waals surface area (Å²) in [5.41, 5.74) is -2.59. The number of amides is 2. The fraction of sp³-hybridized carbons (Fsp3) is 0.231. The lowest BCUT2D eigenvalue weighted by molar-refractivity contribution is -0.385. The molecule has 0 bridgehead atoms. The smallest absolute Gasteiger partial charge is 0.298 e. The number of aldehydes is 1. The number of benzene rings is 1. The molecule has 2 amide bonds. The number of hydrogen-bond donors (Lipinski definition) is 0. The Morgan fingerprint density at radius 3 is 2.29 bits per heavy atom. The Hall–Kier alpha value is -2.98. The van der Waals surface area contributed by atoms with E-state index >= 15 is 0 Å². The fourth-order valence-corrected chi connectivity index (χ4v) is 1.77. The Labute approximate surface area is 132 Å². The number of urea groups is 1. The SMILES string of the molecule is CN(C(=O)N(C)c1ccc([N+](=O)[O-])cc1F)/C(=C\C=O)C(F)(F)F. The Balaban J connectivity index is 3.17. The number of carbonyl (C=O) groups excluding carboxylic acids is 2. The van der Waals surface area contributed by atoms with Gasteiger partial charge in [0.25, 0.3) is 5.69 Å². The first kappa shape index (κ1) is 19.1. The second-order valence-electron chi connectivity index (χ2n) is 4.48. The van der Waals surface area contributed by atoms with E-state index in [0.29, 0.717) is 11.0 Å². The fourth-order valence-electron chi connectivity index (χ4n) is 1.77. The van der Waals surface area contributed by atoms with Crippen molar-refractivity contribution < 1.29 is 32.1 Å². The standard InChI is InChI=1S/C13H11F4N3O4/c1-18(10-4-3-8(20(23)24)7-9(10)14)12(22)19(2)11(5-6-21)13(15,16)17/h3-7H,1-2H3/b11-5-. The molecule has 11 heteroatoms. The maximum Gasteiger partial charge on any atom is 0.431 e. The van der Waals surface area contributed by atoms with Gasteiger partial charge in [-0.2, -0.15) is 13.2 Å². The third kappa shape index (κ3) is 4.06. The Bertz CT molecular complexity index is 703. The van der Waals surface area contributed by atoms with Crippen LogP contribution in [0.25, 0.3) is 0 Å². The van der Waals surface area contributed by atoms with E-state index in [1.54, 1.807) is 0 Å². The van der Waals surface area contributed by atoms with Crippen molar-refractivity contribution >= 4 is 23.7 Å². The zero-order chi connectivity index (χ0) is 18.7. The summed E-state index contributed by atoms with van der Waals surface area (Å²) in [6.45, 7) is 0. The zero-order valence-corrected chi connectivity index (χ0v) is 12.4. The molecule has 0 heterocycles. The number of alkyl halides is 3. The molecule has 0 aliphatic rings. The summed E-state index contributed by atoms with van der Waals surface area (Å²) >= 11 is 0. The van der Waals surface area contributed by atoms with Crippen molar-refractivity contribution in [1.29, 1.82) is 0 Å². The van der Waals surface area contributed by atoms with Crippen molar-refractivity contribution in [2.24, 2.45) is 0 Å². The maximum atomic E-state index is 13.9. The number of non-ortho nitro benzene ring substituents is 1. The van der Waals surface area contributed by atoms with Crippen molar-refractivity contribution in [3.8, 4) is 0 Å². The monoisotopic (exact) mass is 349 g/mol. The van der Waals surface area contributed by atoms with Crippen LogP contribution in [0.15, 0.2) is 30.0 Å². The first-order valence-electron chi connectivity index (χ1n) is 6.18. The lowest BCUT2D eigenvalue weighted by Gasteiger charge is -2.27. The molecule has 0 aromatic heterocycles. The van der Waals surface area contributed by atoms with E-state index in [1.165, 1.54) is 0 Å². The molecule has 1 aromatic rings. The van der Waals surface area contributed by atoms with Crippen LogP contribution in [-0.4, -0.2) is 42.4 Å². The molecule has 0 saturated heterocycles. The number of hydrogen-bond acceptors (Lipinski definition) is 4. The van der Waals surface area contributed by atoms with E-state index in [9.17, 15) is 37.3 Å². The number of anilines is 1. The third-order valence-corrected chi connectivity index (χ3v) is 2.95. The molecule has 24 heavy (non-hydrogen) atoms. The highest BCUT2D eigenvalue weighted by Crippen LogP contribution is 2.29. The molecule has 1 aromatic carbocycles. The van der Waals surface area contributed by atoms with E-state index in [4.69, 9.17) is 0 Å². The summed E-state index contributed by atoms with van der Waals surface area (Å²) in [5.74, 6) is -1.17. The van der Waals surface area contributed by atoms with Crippen LogP contribution in [-0.2, 0) is 4.79 Å². The molecule has 0 aliphatic carbocycles. The zero-order valence-electron chi connectivity index (χ0n) is 12.4. The normalized spacial score (nSPS) is 11.8. The van der Waals surface area contributed by atoms with Gasteiger partial charge in [-0.15, -0.1) is 0 Å². The molecule has 0 atom stereocenters. The summed E-state index contributed by atoms with van der Waals surface area (Å²) in [6, 6.07) is 1.02. The summed E-state index contributed by atoms with van der Waals surface area (Å²) in [7, 11) is 1.74. The number of nitrogens with zero attached hydrogens (tertiary/aromatic N) is 3. The molecule has 0 spiro atoms. The van der Waals surface area contributed by atoms with Gasteiger partial charge < -0.3 is 0 Å². The molecule has 0 saturated carbocycles. The van der Waals surface area contributed by atoms with E-state index < -0.39 is 40.0 Å². The van der Waals surface area contributed by atoms with Crippen LogP contribution in [0.5, 0.6) is 0 Å². The minimum absolute atomic E-state index is 0.120. The van der Waals surface area contributed by atoms with Gasteiger partial charge in [-0.05, 0) is 6.07 Å². The van der Waals surface area contributed by atoms with Gasteiger partial charge >= 0.3 is 12.2 Å². The van der Waals surface area contributed by atoms with Crippen molar-refractivity contribution in [3.63, 3.8) is 0 Å². The van der Waals surface area contributed by atoms with Crippen molar-refractivity contribution in [1.82, 2.24) is 4.90 Å². The number of nitro benzene ring substituents is 1. The molecule has 7 nitrogen and oxygen atoms in total. The highest BCUT2D eigenvalue weighted by atomic mass is 19.4. The Morgan fingerprint density at radius 2 is 1.88 bits per heavy atom. The first-order chi connectivity index (χ1) is 11.0. The topological polar surface area (TPSA) is 83.8 Å². The van der Waals surface area contributed by atoms with Crippen LogP contribution in [0.1, 0.15) is 0 Å². The maximum absolute atomic E-state index is 13.9. The van der Waals surface area contributed by atoms with Gasteiger partial charge in [0, 0.05) is 26.2 Å². The minimum Gasteiger partial charge on any atom is -0.298 e. The number of allylic oxidation sites excluding steroid dienone is 2. The largest absolute Gasteiger partial charge is 0.431 e. The van der Waals surface area contributed by atoms with Crippen LogP contribution in [0.2, 0.25) is 0 Å². The highest BCUT2D eigenvalue weighted by molar-refractivity contribution is 5.93. The summed E-state index contributed by atoms with van der Waals surface area (Å²) in [4.78, 5) is 32.7. The first-order valence-corrected chi connectivity index (χ1v) is 6.18. The van der Waals surface area contributed by atoms with Crippen LogP contribution >= 0.6 is 0 Å². The molecule has 0 radical (unpaired) electrons. The van der Waals surface area contributed by atoms with Crippen molar-refractivity contribution in [2.75, 3.05) is 19.0 Å². The molecular formula is C13H11F4N3O4. The minimum atomic E-state index is -4.99. The van der Waals surface area contributed by atoms with Gasteiger partial charge in [0.1, 0.15) is 12.0 Å². The quantitative estimate of drug-likeness (QED) is 0.275. The second kappa shape index (κ2) is 7.06. The predicted octanol–water partition coefficient (Wildman–Crippen LogP) is 2.87. The van der Waals surface area contributed by atoms with E-state index in [0.717, 1.165) is 26.2 Å². The van der Waals surface area contributed by atoms with Gasteiger partial charge in [0.15, 0.2) is 5.82 Å². The van der Waals surface area contributed by atoms with Crippen molar-refractivity contribution in [2.45, 2.75) is 6.18 Å². The molecule has 0 unspecified atom stereocenters. The lowest BCUT2D eigenvalue weighted by Crippen LogP contribution is -2.42. The Morgan fingerprint density at radius 1 is 1.29 bits per heavy atom. The summed E-state index contributed by atoms with van der Waals surface area (Å²) in [5, 5.41) is 10.5. The average molecular weight is 349 g/mol. The molecule has 130 valence electrons. The molecule has 1 rings (SSSR count). The van der Waals surface area contributed by atoms with E-state index in [2.05, 4.69) is 0 Å². The van der Waals surface area contributed by atoms with E-state index in [1.807, 2.05) is 0 Å². The third-order valence-electron chi connectivity index (χ3n) is 2.95. The van der Waals surface area contributed by atoms with Crippen LogP contribution in [0.3, 0.4) is 0 Å². The van der Waals surface area contributed by atoms with Gasteiger partial charge in [-0.1, -0.05) is 0 Å². The van der Waals surface area contributed by atoms with Gasteiger partial charge in [0.2, 0.25) is 0 Å². The van der Waals surface area contributed by atoms with Gasteiger partial charge in [0.05, 0.1) is 16.7 Å². The molecular weight excluding hydrogens is 338 g/mol. The molecule has 0 fully saturated rings. The average Bonchev–Trinajstić information content (AvgIpc) is 2.49. The molecule has 0 N–H and O–H groups in total. The summed E-state index contributed by atoms with van der Waals surface area (Å²) < 4.78 is 52.3. The summed E-state index contributed by atoms with van der Waals surface area (Å²) in [6.07, 6.45) is -4.98. The highest BCUT2D eigenvalue weighted by Gasteiger charge is 2.39. The van der Waals surface area contributed by atoms with Gasteiger partial charge in [-0.25, -0.2) is 9.18 Å². The van der Waals surface area contributed by atoms with E-state index in [-0.39, 0.29) is 17.3 Å². The second-order valence-corrected chi connectivity index (χ2v) is 4.48. The number of halogens is 4. The molecule has 0 aliphatic heterocycles. The van der Waals surface area contributed by atoms with Crippen LogP contribution < -0.4 is 4.90 Å². The number of rotatable bonds is 4. The Kier molecular flexibility index (Phi) is 5.61. The van der Waals surface area contributed by atoms with Gasteiger partial charge in [-0.3, -0.25) is 24.7 Å². The number of nitro groups is 1. The lowest BCUT2D eigenvalue weighted by atomic mass is 10.2. The van der Waals surface area contributed by atoms with Crippen LogP contribution in [0, 0.1) is 15.9 Å². The van der Waals surface area contributed by atoms with Crippen LogP contribution in [0.4, 0.5) is 33.7 Å².